The van der Waals surface area contributed by atoms with Gasteiger partial charge in [0.1, 0.15) is 0 Å². The van der Waals surface area contributed by atoms with E-state index in [0.29, 0.717) is 22.6 Å². The average molecular weight is 480 g/mol. The van der Waals surface area contributed by atoms with Crippen LogP contribution in [0.5, 0.6) is 5.75 Å². The first kappa shape index (κ1) is 23.4. The summed E-state index contributed by atoms with van der Waals surface area (Å²) in [7, 11) is 1.43. The minimum absolute atomic E-state index is 0.0183. The number of fused-ring (bicyclic) bond motifs is 1. The minimum atomic E-state index is -0.450. The van der Waals surface area contributed by atoms with Gasteiger partial charge in [-0.05, 0) is 62.1 Å². The summed E-state index contributed by atoms with van der Waals surface area (Å²) in [6.45, 7) is 2.32. The van der Waals surface area contributed by atoms with Crippen LogP contribution in [0.2, 0.25) is 0 Å². The van der Waals surface area contributed by atoms with Crippen molar-refractivity contribution < 1.29 is 18.7 Å². The highest BCUT2D eigenvalue weighted by Crippen LogP contribution is 2.28. The number of carbonyl (C=O) groups excluding carboxylic acids is 1. The van der Waals surface area contributed by atoms with Crippen LogP contribution in [0.4, 0.5) is 10.3 Å². The maximum Gasteiger partial charge on any atom is 0.251 e. The Morgan fingerprint density at radius 2 is 2.06 bits per heavy atom. The molecule has 2 fully saturated rings. The van der Waals surface area contributed by atoms with Crippen molar-refractivity contribution in [3.05, 3.63) is 59.5 Å². The van der Waals surface area contributed by atoms with Crippen LogP contribution < -0.4 is 20.7 Å². The first-order valence-corrected chi connectivity index (χ1v) is 12.1. The SMILES string of the molecule is COc1ccc([C@@H](NC(=O)c2ccc3cnc(NC4CCOCC4)nc3c2)[C@@H]2CCCN2)cc1F. The summed E-state index contributed by atoms with van der Waals surface area (Å²) in [5.41, 5.74) is 1.88. The smallest absolute Gasteiger partial charge is 0.251 e. The molecule has 184 valence electrons. The van der Waals surface area contributed by atoms with E-state index < -0.39 is 5.82 Å². The first-order valence-electron chi connectivity index (χ1n) is 12.1. The Bertz CT molecular complexity index is 1190. The Labute approximate surface area is 203 Å². The zero-order valence-corrected chi connectivity index (χ0v) is 19.7. The van der Waals surface area contributed by atoms with Gasteiger partial charge in [-0.3, -0.25) is 4.79 Å². The number of rotatable bonds is 7. The fourth-order valence-electron chi connectivity index (χ4n) is 4.77. The minimum Gasteiger partial charge on any atom is -0.494 e. The predicted molar refractivity (Wildman–Crippen MR) is 131 cm³/mol. The standard InChI is InChI=1S/C26H30FN5O3/c1-34-23-7-6-16(13-20(23)27)24(21-3-2-10-28-21)32-25(33)17-4-5-18-15-29-26(31-22(18)14-17)30-19-8-11-35-12-9-19/h4-7,13-15,19,21,24,28H,2-3,8-12H2,1H3,(H,32,33)(H,29,30,31)/t21-,24+/m0/s1. The Morgan fingerprint density at radius 3 is 2.80 bits per heavy atom. The van der Waals surface area contributed by atoms with Gasteiger partial charge in [0.25, 0.3) is 5.91 Å². The Morgan fingerprint density at radius 1 is 1.20 bits per heavy atom. The van der Waals surface area contributed by atoms with Crippen molar-refractivity contribution in [2.75, 3.05) is 32.2 Å². The number of hydrogen-bond donors (Lipinski definition) is 3. The lowest BCUT2D eigenvalue weighted by molar-refractivity contribution is 0.0902. The second-order valence-electron chi connectivity index (χ2n) is 9.05. The maximum atomic E-state index is 14.5. The molecule has 1 amide bonds. The van der Waals surface area contributed by atoms with E-state index in [4.69, 9.17) is 9.47 Å². The lowest BCUT2D eigenvalue weighted by atomic mass is 9.97. The number of methoxy groups -OCH3 is 1. The second kappa shape index (κ2) is 10.5. The van der Waals surface area contributed by atoms with E-state index in [1.165, 1.54) is 13.2 Å². The van der Waals surface area contributed by atoms with Crippen LogP contribution >= 0.6 is 0 Å². The summed E-state index contributed by atoms with van der Waals surface area (Å²) in [6.07, 6.45) is 5.48. The Hall–Kier alpha value is -3.30. The van der Waals surface area contributed by atoms with Crippen molar-refractivity contribution in [3.8, 4) is 5.75 Å². The molecular weight excluding hydrogens is 449 g/mol. The van der Waals surface area contributed by atoms with E-state index in [9.17, 15) is 9.18 Å². The average Bonchev–Trinajstić information content (AvgIpc) is 3.42. The number of ether oxygens (including phenoxy) is 2. The summed E-state index contributed by atoms with van der Waals surface area (Å²) in [4.78, 5) is 22.4. The van der Waals surface area contributed by atoms with Crippen LogP contribution in [0.3, 0.4) is 0 Å². The van der Waals surface area contributed by atoms with Crippen LogP contribution in [0.1, 0.15) is 47.6 Å². The van der Waals surface area contributed by atoms with Crippen molar-refractivity contribution in [3.63, 3.8) is 0 Å². The van der Waals surface area contributed by atoms with Gasteiger partial charge in [-0.2, -0.15) is 0 Å². The maximum absolute atomic E-state index is 14.5. The number of amides is 1. The van der Waals surface area contributed by atoms with Gasteiger partial charge in [0.05, 0.1) is 18.7 Å². The van der Waals surface area contributed by atoms with Crippen molar-refractivity contribution in [1.82, 2.24) is 20.6 Å². The van der Waals surface area contributed by atoms with Gasteiger partial charge in [0.15, 0.2) is 11.6 Å². The number of aromatic nitrogens is 2. The molecule has 8 nitrogen and oxygen atoms in total. The van der Waals surface area contributed by atoms with Crippen molar-refractivity contribution in [2.45, 2.75) is 43.8 Å². The molecule has 2 aromatic carbocycles. The Balaban J connectivity index is 1.37. The third-order valence-electron chi connectivity index (χ3n) is 6.72. The van der Waals surface area contributed by atoms with E-state index in [1.807, 2.05) is 6.07 Å². The molecule has 1 aromatic heterocycles. The third-order valence-corrected chi connectivity index (χ3v) is 6.72. The Kier molecular flexibility index (Phi) is 7.06. The predicted octanol–water partition coefficient (Wildman–Crippen LogP) is 3.59. The van der Waals surface area contributed by atoms with Crippen molar-refractivity contribution in [1.29, 1.82) is 0 Å². The summed E-state index contributed by atoms with van der Waals surface area (Å²) >= 11 is 0. The molecule has 2 atom stereocenters. The lowest BCUT2D eigenvalue weighted by Crippen LogP contribution is -2.41. The topological polar surface area (TPSA) is 97.4 Å². The quantitative estimate of drug-likeness (QED) is 0.476. The molecule has 0 saturated carbocycles. The number of carbonyl (C=O) groups is 1. The van der Waals surface area contributed by atoms with Gasteiger partial charge in [-0.1, -0.05) is 12.1 Å². The first-order chi connectivity index (χ1) is 17.1. The highest BCUT2D eigenvalue weighted by Gasteiger charge is 2.28. The number of nitrogens with zero attached hydrogens (tertiary/aromatic N) is 2. The van der Waals surface area contributed by atoms with Crippen LogP contribution in [-0.2, 0) is 4.74 Å². The molecule has 2 aliphatic rings. The summed E-state index contributed by atoms with van der Waals surface area (Å²) < 4.78 is 24.9. The van der Waals surface area contributed by atoms with Crippen LogP contribution in [0.15, 0.2) is 42.6 Å². The molecule has 3 N–H and O–H groups in total. The van der Waals surface area contributed by atoms with E-state index in [0.717, 1.165) is 50.8 Å². The molecule has 2 saturated heterocycles. The van der Waals surface area contributed by atoms with Gasteiger partial charge in [0, 0.05) is 42.4 Å². The monoisotopic (exact) mass is 479 g/mol. The molecule has 3 aromatic rings. The van der Waals surface area contributed by atoms with E-state index in [-0.39, 0.29) is 29.8 Å². The lowest BCUT2D eigenvalue weighted by Gasteiger charge is -2.26. The van der Waals surface area contributed by atoms with Crippen molar-refractivity contribution in [2.24, 2.45) is 0 Å². The van der Waals surface area contributed by atoms with E-state index in [1.54, 1.807) is 30.5 Å². The normalized spacial score (nSPS) is 19.4. The molecule has 0 bridgehead atoms. The molecule has 0 radical (unpaired) electrons. The fraction of sp³-hybridized carbons (Fsp3) is 0.423. The third kappa shape index (κ3) is 5.36. The number of anilines is 1. The van der Waals surface area contributed by atoms with Crippen LogP contribution in [-0.4, -0.2) is 54.8 Å². The van der Waals surface area contributed by atoms with Gasteiger partial charge >= 0.3 is 0 Å². The van der Waals surface area contributed by atoms with Gasteiger partial charge in [-0.15, -0.1) is 0 Å². The van der Waals surface area contributed by atoms with Crippen molar-refractivity contribution >= 4 is 22.8 Å². The number of nitrogens with one attached hydrogen (secondary N) is 3. The molecule has 35 heavy (non-hydrogen) atoms. The molecule has 9 heteroatoms. The fourth-order valence-corrected chi connectivity index (χ4v) is 4.77. The summed E-state index contributed by atoms with van der Waals surface area (Å²) in [5.74, 6) is 0.0369. The number of halogens is 1. The van der Waals surface area contributed by atoms with Crippen LogP contribution in [0.25, 0.3) is 10.9 Å². The highest BCUT2D eigenvalue weighted by molar-refractivity contribution is 5.98. The molecule has 3 heterocycles. The van der Waals surface area contributed by atoms with Gasteiger partial charge in [0.2, 0.25) is 5.95 Å². The molecule has 5 rings (SSSR count). The van der Waals surface area contributed by atoms with E-state index in [2.05, 4.69) is 25.9 Å². The van der Waals surface area contributed by atoms with Gasteiger partial charge < -0.3 is 25.4 Å². The number of benzene rings is 2. The van der Waals surface area contributed by atoms with E-state index >= 15 is 0 Å². The molecule has 0 spiro atoms. The molecule has 0 unspecified atom stereocenters. The zero-order chi connectivity index (χ0) is 24.2. The summed E-state index contributed by atoms with van der Waals surface area (Å²) in [5, 5.41) is 10.8. The molecule has 2 aliphatic heterocycles. The summed E-state index contributed by atoms with van der Waals surface area (Å²) in [6, 6.07) is 10.1. The zero-order valence-electron chi connectivity index (χ0n) is 19.7. The largest absolute Gasteiger partial charge is 0.494 e. The number of hydrogen-bond acceptors (Lipinski definition) is 7. The van der Waals surface area contributed by atoms with Gasteiger partial charge in [-0.25, -0.2) is 14.4 Å². The van der Waals surface area contributed by atoms with Crippen LogP contribution in [0, 0.1) is 5.82 Å². The molecular formula is C26H30FN5O3. The molecule has 0 aliphatic carbocycles. The highest BCUT2D eigenvalue weighted by atomic mass is 19.1. The second-order valence-corrected chi connectivity index (χ2v) is 9.05.